The third-order valence-corrected chi connectivity index (χ3v) is 3.67. The minimum absolute atomic E-state index is 0.482. The quantitative estimate of drug-likeness (QED) is 0.792. The molecule has 9 heteroatoms. The van der Waals surface area contributed by atoms with E-state index in [2.05, 4.69) is 32.6 Å². The maximum Gasteiger partial charge on any atom is 0.203 e. The molecule has 0 bridgehead atoms. The predicted octanol–water partition coefficient (Wildman–Crippen LogP) is 0.809. The maximum absolute atomic E-state index is 5.49. The van der Waals surface area contributed by atoms with Gasteiger partial charge in [-0.1, -0.05) is 30.0 Å². The van der Waals surface area contributed by atoms with Crippen molar-refractivity contribution in [1.82, 2.24) is 30.4 Å². The monoisotopic (exact) mass is 257 g/mol. The van der Waals surface area contributed by atoms with Crippen LogP contribution in [0.4, 0.5) is 5.13 Å². The summed E-state index contributed by atoms with van der Waals surface area (Å²) in [6, 6.07) is 0. The summed E-state index contributed by atoms with van der Waals surface area (Å²) >= 11 is 2.91. The molecular formula is C7H11N7S2. The standard InChI is InChI=1S/C7H11N7S2/c1-2-3-14-5(9-12-13-14)4-15-7-11-10-6(8)16-7/h2-4H2,1H3,(H2,8,10). The highest BCUT2D eigenvalue weighted by molar-refractivity contribution is 8.00. The number of tetrazole rings is 1. The van der Waals surface area contributed by atoms with Crippen LogP contribution in [0.3, 0.4) is 0 Å². The highest BCUT2D eigenvalue weighted by Gasteiger charge is 2.08. The van der Waals surface area contributed by atoms with Crippen molar-refractivity contribution in [2.75, 3.05) is 5.73 Å². The molecule has 0 aliphatic rings. The van der Waals surface area contributed by atoms with E-state index in [-0.39, 0.29) is 0 Å². The molecule has 0 aliphatic carbocycles. The van der Waals surface area contributed by atoms with Gasteiger partial charge in [0.15, 0.2) is 10.2 Å². The van der Waals surface area contributed by atoms with Crippen LogP contribution in [0.2, 0.25) is 0 Å². The number of hydrogen-bond acceptors (Lipinski definition) is 8. The van der Waals surface area contributed by atoms with Crippen LogP contribution in [0, 0.1) is 0 Å². The van der Waals surface area contributed by atoms with Crippen LogP contribution in [0.25, 0.3) is 0 Å². The van der Waals surface area contributed by atoms with Gasteiger partial charge in [0.05, 0.1) is 5.75 Å². The minimum atomic E-state index is 0.482. The average Bonchev–Trinajstić information content (AvgIpc) is 2.85. The summed E-state index contributed by atoms with van der Waals surface area (Å²) in [5.74, 6) is 1.53. The highest BCUT2D eigenvalue weighted by atomic mass is 32.2. The van der Waals surface area contributed by atoms with E-state index < -0.39 is 0 Å². The number of anilines is 1. The first-order valence-corrected chi connectivity index (χ1v) is 6.56. The Bertz CT molecular complexity index is 451. The van der Waals surface area contributed by atoms with Gasteiger partial charge in [-0.3, -0.25) is 0 Å². The molecule has 2 rings (SSSR count). The number of hydrogen-bond donors (Lipinski definition) is 1. The highest BCUT2D eigenvalue weighted by Crippen LogP contribution is 2.25. The van der Waals surface area contributed by atoms with E-state index in [4.69, 9.17) is 5.73 Å². The maximum atomic E-state index is 5.49. The predicted molar refractivity (Wildman–Crippen MR) is 62.0 cm³/mol. The van der Waals surface area contributed by atoms with E-state index in [1.54, 1.807) is 16.4 Å². The van der Waals surface area contributed by atoms with E-state index in [0.29, 0.717) is 10.9 Å². The zero-order valence-electron chi connectivity index (χ0n) is 8.70. The van der Waals surface area contributed by atoms with E-state index in [1.807, 2.05) is 0 Å². The molecule has 0 saturated carbocycles. The topological polar surface area (TPSA) is 95.4 Å². The summed E-state index contributed by atoms with van der Waals surface area (Å²) in [6.45, 7) is 2.92. The second-order valence-corrected chi connectivity index (χ2v) is 5.24. The Balaban J connectivity index is 1.96. The first-order valence-electron chi connectivity index (χ1n) is 4.76. The molecule has 0 unspecified atom stereocenters. The lowest BCUT2D eigenvalue weighted by molar-refractivity contribution is 0.564. The lowest BCUT2D eigenvalue weighted by Gasteiger charge is -2.00. The Morgan fingerprint density at radius 1 is 1.38 bits per heavy atom. The number of thioether (sulfide) groups is 1. The molecule has 2 aromatic rings. The zero-order chi connectivity index (χ0) is 11.4. The van der Waals surface area contributed by atoms with E-state index in [1.165, 1.54) is 11.3 Å². The van der Waals surface area contributed by atoms with Crippen molar-refractivity contribution in [2.24, 2.45) is 0 Å². The molecule has 2 aromatic heterocycles. The van der Waals surface area contributed by atoms with Gasteiger partial charge in [0.25, 0.3) is 0 Å². The number of nitrogens with zero attached hydrogens (tertiary/aromatic N) is 6. The molecule has 16 heavy (non-hydrogen) atoms. The smallest absolute Gasteiger partial charge is 0.203 e. The SMILES string of the molecule is CCCn1nnnc1CSc1nnc(N)s1. The van der Waals surface area contributed by atoms with Crippen molar-refractivity contribution in [3.63, 3.8) is 0 Å². The van der Waals surface area contributed by atoms with Crippen LogP contribution in [-0.2, 0) is 12.3 Å². The number of aromatic nitrogens is 6. The molecule has 2 heterocycles. The Kier molecular flexibility index (Phi) is 3.67. The van der Waals surface area contributed by atoms with Crippen LogP contribution in [0.15, 0.2) is 4.34 Å². The second-order valence-electron chi connectivity index (χ2n) is 3.01. The molecular weight excluding hydrogens is 246 g/mol. The van der Waals surface area contributed by atoms with Crippen LogP contribution in [0.5, 0.6) is 0 Å². The van der Waals surface area contributed by atoms with Gasteiger partial charge < -0.3 is 5.73 Å². The van der Waals surface area contributed by atoms with Crippen molar-refractivity contribution >= 4 is 28.2 Å². The van der Waals surface area contributed by atoms with Gasteiger partial charge in [-0.2, -0.15) is 0 Å². The third kappa shape index (κ3) is 2.67. The van der Waals surface area contributed by atoms with Gasteiger partial charge in [0, 0.05) is 6.54 Å². The molecule has 0 aliphatic heterocycles. The fourth-order valence-corrected chi connectivity index (χ4v) is 2.69. The van der Waals surface area contributed by atoms with Gasteiger partial charge in [-0.05, 0) is 16.8 Å². The molecule has 0 saturated heterocycles. The second kappa shape index (κ2) is 5.21. The molecule has 86 valence electrons. The number of nitrogen functional groups attached to an aromatic ring is 1. The summed E-state index contributed by atoms with van der Waals surface area (Å²) in [7, 11) is 0. The van der Waals surface area contributed by atoms with Crippen molar-refractivity contribution in [3.8, 4) is 0 Å². The molecule has 0 aromatic carbocycles. The lowest BCUT2D eigenvalue weighted by Crippen LogP contribution is -2.04. The van der Waals surface area contributed by atoms with Gasteiger partial charge >= 0.3 is 0 Å². The fourth-order valence-electron chi connectivity index (χ4n) is 1.12. The molecule has 7 nitrogen and oxygen atoms in total. The van der Waals surface area contributed by atoms with Crippen molar-refractivity contribution in [1.29, 1.82) is 0 Å². The van der Waals surface area contributed by atoms with Crippen LogP contribution < -0.4 is 5.73 Å². The summed E-state index contributed by atoms with van der Waals surface area (Å²) in [4.78, 5) is 0. The first-order chi connectivity index (χ1) is 7.79. The Hall–Kier alpha value is -1.22. The summed E-state index contributed by atoms with van der Waals surface area (Å²) in [5, 5.41) is 19.7. The van der Waals surface area contributed by atoms with Gasteiger partial charge in [0.1, 0.15) is 0 Å². The Morgan fingerprint density at radius 3 is 2.94 bits per heavy atom. The van der Waals surface area contributed by atoms with Crippen LogP contribution in [-0.4, -0.2) is 30.4 Å². The van der Waals surface area contributed by atoms with Crippen molar-refractivity contribution in [2.45, 2.75) is 30.0 Å². The normalized spacial score (nSPS) is 10.8. The Morgan fingerprint density at radius 2 is 2.25 bits per heavy atom. The van der Waals surface area contributed by atoms with E-state index in [9.17, 15) is 0 Å². The van der Waals surface area contributed by atoms with Gasteiger partial charge in [-0.15, -0.1) is 15.3 Å². The van der Waals surface area contributed by atoms with Gasteiger partial charge in [0.2, 0.25) is 5.13 Å². The molecule has 0 fully saturated rings. The molecule has 0 radical (unpaired) electrons. The fraction of sp³-hybridized carbons (Fsp3) is 0.571. The number of rotatable bonds is 5. The molecule has 0 spiro atoms. The number of aryl methyl sites for hydroxylation is 1. The third-order valence-electron chi connectivity index (χ3n) is 1.79. The van der Waals surface area contributed by atoms with Crippen molar-refractivity contribution in [3.05, 3.63) is 5.82 Å². The van der Waals surface area contributed by atoms with Gasteiger partial charge in [-0.25, -0.2) is 4.68 Å². The molecule has 0 atom stereocenters. The molecule has 2 N–H and O–H groups in total. The van der Waals surface area contributed by atoms with Crippen molar-refractivity contribution < 1.29 is 0 Å². The molecule has 0 amide bonds. The zero-order valence-corrected chi connectivity index (χ0v) is 10.3. The largest absolute Gasteiger partial charge is 0.374 e. The first kappa shape index (κ1) is 11.3. The summed E-state index contributed by atoms with van der Waals surface area (Å²) < 4.78 is 2.64. The van der Waals surface area contributed by atoms with E-state index in [0.717, 1.165) is 23.1 Å². The van der Waals surface area contributed by atoms with E-state index >= 15 is 0 Å². The lowest BCUT2D eigenvalue weighted by atomic mass is 10.5. The Labute approximate surface area is 100 Å². The minimum Gasteiger partial charge on any atom is -0.374 e. The van der Waals surface area contributed by atoms with Crippen LogP contribution >= 0.6 is 23.1 Å². The average molecular weight is 257 g/mol. The number of nitrogens with two attached hydrogens (primary N) is 1. The summed E-state index contributed by atoms with van der Waals surface area (Å²) in [6.07, 6.45) is 1.01. The van der Waals surface area contributed by atoms with Crippen LogP contribution in [0.1, 0.15) is 19.2 Å². The summed E-state index contributed by atoms with van der Waals surface area (Å²) in [5.41, 5.74) is 5.49.